The molecule has 4 aromatic rings. The maximum Gasteiger partial charge on any atom is 0.244 e. The smallest absolute Gasteiger partial charge is 0.244 e. The molecule has 0 unspecified atom stereocenters. The highest BCUT2D eigenvalue weighted by Crippen LogP contribution is 2.30. The predicted octanol–water partition coefficient (Wildman–Crippen LogP) is 6.43. The number of carbonyl (C=O) groups is 1. The van der Waals surface area contributed by atoms with Crippen molar-refractivity contribution in [3.63, 3.8) is 0 Å². The maximum absolute atomic E-state index is 12.4. The molecule has 0 aliphatic carbocycles. The lowest BCUT2D eigenvalue weighted by molar-refractivity contribution is -0.120. The number of ether oxygens (including phenoxy) is 2. The normalized spacial score (nSPS) is 11.0. The molecule has 0 atom stereocenters. The molecule has 0 radical (unpaired) electrons. The summed E-state index contributed by atoms with van der Waals surface area (Å²) in [5, 5.41) is 7.35. The van der Waals surface area contributed by atoms with Gasteiger partial charge in [0.2, 0.25) is 5.91 Å². The number of halogens is 2. The molecule has 0 saturated carbocycles. The fourth-order valence-corrected chi connectivity index (χ4v) is 3.98. The van der Waals surface area contributed by atoms with E-state index < -0.39 is 0 Å². The van der Waals surface area contributed by atoms with Crippen LogP contribution in [0.4, 0.5) is 0 Å². The van der Waals surface area contributed by atoms with Crippen LogP contribution in [0, 0.1) is 0 Å². The summed E-state index contributed by atoms with van der Waals surface area (Å²) in [7, 11) is 1.56. The van der Waals surface area contributed by atoms with Gasteiger partial charge in [0.1, 0.15) is 6.61 Å². The molecule has 0 heterocycles. The Balaban J connectivity index is 1.37. The van der Waals surface area contributed by atoms with Gasteiger partial charge in [-0.05, 0) is 52.2 Å². The molecule has 7 heteroatoms. The minimum Gasteiger partial charge on any atom is -0.493 e. The monoisotopic (exact) mass is 492 g/mol. The molecule has 5 nitrogen and oxygen atoms in total. The highest BCUT2D eigenvalue weighted by molar-refractivity contribution is 6.35. The third-order valence-corrected chi connectivity index (χ3v) is 5.81. The Labute approximate surface area is 207 Å². The molecule has 4 aromatic carbocycles. The standard InChI is InChI=1S/C27H22Cl2N2O3/c1-33-26-13-18(9-12-25(26)34-17-21-10-11-22(28)15-24(21)29)16-30-31-27(32)14-20-7-4-6-19-5-2-3-8-23(19)20/h2-13,15-16H,14,17H2,1H3,(H,31,32)/b30-16-. The number of methoxy groups -OCH3 is 1. The second kappa shape index (κ2) is 11.1. The van der Waals surface area contributed by atoms with Crippen LogP contribution in [-0.2, 0) is 17.8 Å². The fraction of sp³-hybridized carbons (Fsp3) is 0.111. The summed E-state index contributed by atoms with van der Waals surface area (Å²) in [4.78, 5) is 12.4. The van der Waals surface area contributed by atoms with E-state index in [1.807, 2.05) is 54.6 Å². The zero-order valence-electron chi connectivity index (χ0n) is 18.4. The molecule has 0 fully saturated rings. The first kappa shape index (κ1) is 23.6. The summed E-state index contributed by atoms with van der Waals surface area (Å²) >= 11 is 12.1. The van der Waals surface area contributed by atoms with Gasteiger partial charge in [0.25, 0.3) is 0 Å². The number of nitrogens with one attached hydrogen (secondary N) is 1. The number of hydrazone groups is 1. The zero-order valence-corrected chi connectivity index (χ0v) is 19.9. The number of carbonyl (C=O) groups excluding carboxylic acids is 1. The topological polar surface area (TPSA) is 59.9 Å². The molecule has 0 bridgehead atoms. The van der Waals surface area contributed by atoms with Gasteiger partial charge < -0.3 is 9.47 Å². The molecule has 172 valence electrons. The summed E-state index contributed by atoms with van der Waals surface area (Å²) in [5.74, 6) is 0.904. The van der Waals surface area contributed by atoms with Gasteiger partial charge >= 0.3 is 0 Å². The van der Waals surface area contributed by atoms with E-state index in [1.54, 1.807) is 37.6 Å². The van der Waals surface area contributed by atoms with Gasteiger partial charge in [-0.1, -0.05) is 71.7 Å². The van der Waals surface area contributed by atoms with Crippen LogP contribution in [0.5, 0.6) is 11.5 Å². The lowest BCUT2D eigenvalue weighted by atomic mass is 10.0. The summed E-state index contributed by atoms with van der Waals surface area (Å²) in [6.45, 7) is 0.268. The van der Waals surface area contributed by atoms with E-state index in [-0.39, 0.29) is 18.9 Å². The Morgan fingerprint density at radius 3 is 2.59 bits per heavy atom. The summed E-state index contributed by atoms with van der Waals surface area (Å²) in [5.41, 5.74) is 5.10. The Morgan fingerprint density at radius 1 is 0.941 bits per heavy atom. The third-order valence-electron chi connectivity index (χ3n) is 5.22. The second-order valence-corrected chi connectivity index (χ2v) is 8.39. The van der Waals surface area contributed by atoms with Crippen LogP contribution in [0.25, 0.3) is 10.8 Å². The molecular weight excluding hydrogens is 471 g/mol. The Bertz CT molecular complexity index is 1350. The molecule has 0 saturated heterocycles. The number of hydrogen-bond acceptors (Lipinski definition) is 4. The van der Waals surface area contributed by atoms with E-state index >= 15 is 0 Å². The van der Waals surface area contributed by atoms with E-state index in [0.29, 0.717) is 21.5 Å². The predicted molar refractivity (Wildman–Crippen MR) is 137 cm³/mol. The van der Waals surface area contributed by atoms with E-state index in [4.69, 9.17) is 32.7 Å². The van der Waals surface area contributed by atoms with Crippen molar-refractivity contribution in [1.82, 2.24) is 5.43 Å². The number of benzene rings is 4. The van der Waals surface area contributed by atoms with Gasteiger partial charge in [-0.25, -0.2) is 5.43 Å². The highest BCUT2D eigenvalue weighted by atomic mass is 35.5. The molecule has 0 aliphatic rings. The molecule has 0 aliphatic heterocycles. The molecule has 34 heavy (non-hydrogen) atoms. The van der Waals surface area contributed by atoms with Crippen molar-refractivity contribution in [3.8, 4) is 11.5 Å². The van der Waals surface area contributed by atoms with Crippen LogP contribution < -0.4 is 14.9 Å². The van der Waals surface area contributed by atoms with Gasteiger partial charge in [0, 0.05) is 15.6 Å². The summed E-state index contributed by atoms with van der Waals surface area (Å²) in [6.07, 6.45) is 1.80. The summed E-state index contributed by atoms with van der Waals surface area (Å²) in [6, 6.07) is 24.5. The van der Waals surface area contributed by atoms with Crippen molar-refractivity contribution < 1.29 is 14.3 Å². The average Bonchev–Trinajstić information content (AvgIpc) is 2.84. The van der Waals surface area contributed by atoms with Crippen LogP contribution in [0.15, 0.2) is 84.0 Å². The number of rotatable bonds is 8. The lowest BCUT2D eigenvalue weighted by Gasteiger charge is -2.12. The summed E-state index contributed by atoms with van der Waals surface area (Å²) < 4.78 is 11.3. The first-order valence-electron chi connectivity index (χ1n) is 10.6. The van der Waals surface area contributed by atoms with Crippen molar-refractivity contribution >= 4 is 46.1 Å². The van der Waals surface area contributed by atoms with Gasteiger partial charge in [-0.15, -0.1) is 0 Å². The molecule has 1 amide bonds. The van der Waals surface area contributed by atoms with Crippen LogP contribution in [-0.4, -0.2) is 19.2 Å². The van der Waals surface area contributed by atoms with Crippen molar-refractivity contribution in [1.29, 1.82) is 0 Å². The molecule has 1 N–H and O–H groups in total. The van der Waals surface area contributed by atoms with Crippen molar-refractivity contribution in [2.75, 3.05) is 7.11 Å². The third kappa shape index (κ3) is 5.87. The molecular formula is C27H22Cl2N2O3. The van der Waals surface area contributed by atoms with Crippen LogP contribution in [0.3, 0.4) is 0 Å². The van der Waals surface area contributed by atoms with Crippen LogP contribution in [0.1, 0.15) is 16.7 Å². The molecule has 4 rings (SSSR count). The van der Waals surface area contributed by atoms with Gasteiger partial charge in [0.05, 0.1) is 19.7 Å². The second-order valence-electron chi connectivity index (χ2n) is 7.54. The quantitative estimate of drug-likeness (QED) is 0.227. The maximum atomic E-state index is 12.4. The van der Waals surface area contributed by atoms with Crippen LogP contribution in [0.2, 0.25) is 10.0 Å². The van der Waals surface area contributed by atoms with Crippen LogP contribution >= 0.6 is 23.2 Å². The number of nitrogens with zero attached hydrogens (tertiary/aromatic N) is 1. The number of amides is 1. The fourth-order valence-electron chi connectivity index (χ4n) is 3.52. The number of hydrogen-bond donors (Lipinski definition) is 1. The van der Waals surface area contributed by atoms with E-state index in [9.17, 15) is 4.79 Å². The van der Waals surface area contributed by atoms with Gasteiger partial charge in [-0.2, -0.15) is 5.10 Å². The molecule has 0 spiro atoms. The zero-order chi connectivity index (χ0) is 23.9. The van der Waals surface area contributed by atoms with Crippen molar-refractivity contribution in [2.45, 2.75) is 13.0 Å². The average molecular weight is 493 g/mol. The minimum absolute atomic E-state index is 0.195. The minimum atomic E-state index is -0.195. The number of fused-ring (bicyclic) bond motifs is 1. The first-order chi connectivity index (χ1) is 16.5. The Hall–Kier alpha value is -3.54. The highest BCUT2D eigenvalue weighted by Gasteiger charge is 2.09. The largest absolute Gasteiger partial charge is 0.493 e. The van der Waals surface area contributed by atoms with Crippen molar-refractivity contribution in [2.24, 2.45) is 5.10 Å². The van der Waals surface area contributed by atoms with E-state index in [0.717, 1.165) is 27.5 Å². The van der Waals surface area contributed by atoms with Gasteiger partial charge in [-0.3, -0.25) is 4.79 Å². The van der Waals surface area contributed by atoms with E-state index in [1.165, 1.54) is 0 Å². The first-order valence-corrected chi connectivity index (χ1v) is 11.3. The van der Waals surface area contributed by atoms with E-state index in [2.05, 4.69) is 10.5 Å². The van der Waals surface area contributed by atoms with Crippen molar-refractivity contribution in [3.05, 3.63) is 106 Å². The van der Waals surface area contributed by atoms with Gasteiger partial charge in [0.15, 0.2) is 11.5 Å². The Kier molecular flexibility index (Phi) is 7.68. The lowest BCUT2D eigenvalue weighted by Crippen LogP contribution is -2.19. The Morgan fingerprint density at radius 2 is 1.76 bits per heavy atom. The SMILES string of the molecule is COc1cc(/C=N\NC(=O)Cc2cccc3ccccc23)ccc1OCc1ccc(Cl)cc1Cl. The molecule has 0 aromatic heterocycles.